The van der Waals surface area contributed by atoms with Crippen molar-refractivity contribution >= 4 is 12.0 Å². The summed E-state index contributed by atoms with van der Waals surface area (Å²) in [5, 5.41) is 11.7. The SMILES string of the molecule is O=C(O)CCN1CCN(C(=O)NC2CCCC2)CC1. The van der Waals surface area contributed by atoms with Crippen LogP contribution in [0, 0.1) is 0 Å². The van der Waals surface area contributed by atoms with E-state index < -0.39 is 5.97 Å². The molecule has 0 aromatic heterocycles. The Bertz CT molecular complexity index is 321. The van der Waals surface area contributed by atoms with Crippen molar-refractivity contribution in [1.82, 2.24) is 15.1 Å². The van der Waals surface area contributed by atoms with Crippen LogP contribution in [0.15, 0.2) is 0 Å². The summed E-state index contributed by atoms with van der Waals surface area (Å²) in [7, 11) is 0. The van der Waals surface area contributed by atoms with E-state index >= 15 is 0 Å². The predicted octanol–water partition coefficient (Wildman–Crippen LogP) is 0.731. The Morgan fingerprint density at radius 3 is 2.32 bits per heavy atom. The van der Waals surface area contributed by atoms with Gasteiger partial charge >= 0.3 is 12.0 Å². The molecule has 0 spiro atoms. The third-order valence-electron chi connectivity index (χ3n) is 3.98. The summed E-state index contributed by atoms with van der Waals surface area (Å²) in [6.45, 7) is 3.50. The molecule has 2 amide bonds. The first kappa shape index (κ1) is 14.1. The highest BCUT2D eigenvalue weighted by molar-refractivity contribution is 5.74. The molecule has 108 valence electrons. The molecule has 0 aromatic rings. The van der Waals surface area contributed by atoms with Crippen LogP contribution < -0.4 is 5.32 Å². The lowest BCUT2D eigenvalue weighted by Crippen LogP contribution is -2.53. The molecule has 0 radical (unpaired) electrons. The number of nitrogens with one attached hydrogen (secondary N) is 1. The lowest BCUT2D eigenvalue weighted by Gasteiger charge is -2.35. The summed E-state index contributed by atoms with van der Waals surface area (Å²) in [4.78, 5) is 26.5. The molecule has 6 heteroatoms. The van der Waals surface area contributed by atoms with Crippen LogP contribution in [0.1, 0.15) is 32.1 Å². The van der Waals surface area contributed by atoms with Crippen LogP contribution in [0.25, 0.3) is 0 Å². The zero-order chi connectivity index (χ0) is 13.7. The molecule has 1 aliphatic carbocycles. The Morgan fingerprint density at radius 1 is 1.11 bits per heavy atom. The lowest BCUT2D eigenvalue weighted by molar-refractivity contribution is -0.137. The van der Waals surface area contributed by atoms with Crippen molar-refractivity contribution in [3.8, 4) is 0 Å². The molecule has 0 aromatic carbocycles. The standard InChI is InChI=1S/C13H23N3O3/c17-12(18)5-6-15-7-9-16(10-8-15)13(19)14-11-3-1-2-4-11/h11H,1-10H2,(H,14,19)(H,17,18). The minimum atomic E-state index is -0.763. The second-order valence-electron chi connectivity index (χ2n) is 5.40. The van der Waals surface area contributed by atoms with E-state index in [-0.39, 0.29) is 12.5 Å². The average Bonchev–Trinajstić information content (AvgIpc) is 2.89. The van der Waals surface area contributed by atoms with Gasteiger partial charge < -0.3 is 15.3 Å². The van der Waals surface area contributed by atoms with Crippen molar-refractivity contribution in [2.75, 3.05) is 32.7 Å². The zero-order valence-corrected chi connectivity index (χ0v) is 11.3. The molecule has 0 bridgehead atoms. The van der Waals surface area contributed by atoms with Gasteiger partial charge in [0.05, 0.1) is 6.42 Å². The van der Waals surface area contributed by atoms with Crippen molar-refractivity contribution in [2.45, 2.75) is 38.1 Å². The fourth-order valence-electron chi connectivity index (χ4n) is 2.76. The van der Waals surface area contributed by atoms with E-state index in [0.29, 0.717) is 25.7 Å². The molecular formula is C13H23N3O3. The molecule has 2 aliphatic rings. The Balaban J connectivity index is 1.67. The molecule has 6 nitrogen and oxygen atoms in total. The summed E-state index contributed by atoms with van der Waals surface area (Å²) in [6.07, 6.45) is 4.81. The molecule has 1 saturated heterocycles. The fraction of sp³-hybridized carbons (Fsp3) is 0.846. The maximum atomic E-state index is 12.0. The monoisotopic (exact) mass is 269 g/mol. The molecule has 1 aliphatic heterocycles. The average molecular weight is 269 g/mol. The smallest absolute Gasteiger partial charge is 0.317 e. The first-order valence-corrected chi connectivity index (χ1v) is 7.15. The predicted molar refractivity (Wildman–Crippen MR) is 71.1 cm³/mol. The number of aliphatic carboxylic acids is 1. The number of hydrogen-bond acceptors (Lipinski definition) is 3. The van der Waals surface area contributed by atoms with Gasteiger partial charge in [0.1, 0.15) is 0 Å². The Hall–Kier alpha value is -1.30. The van der Waals surface area contributed by atoms with Gasteiger partial charge in [0.2, 0.25) is 0 Å². The van der Waals surface area contributed by atoms with E-state index in [2.05, 4.69) is 10.2 Å². The normalized spacial score (nSPS) is 21.6. The Morgan fingerprint density at radius 2 is 1.74 bits per heavy atom. The number of carbonyl (C=O) groups is 2. The summed E-state index contributed by atoms with van der Waals surface area (Å²) in [5.41, 5.74) is 0. The van der Waals surface area contributed by atoms with E-state index in [0.717, 1.165) is 25.9 Å². The van der Waals surface area contributed by atoms with Gasteiger partial charge in [-0.2, -0.15) is 0 Å². The third kappa shape index (κ3) is 4.38. The van der Waals surface area contributed by atoms with Gasteiger partial charge in [-0.15, -0.1) is 0 Å². The highest BCUT2D eigenvalue weighted by Crippen LogP contribution is 2.18. The number of carboxylic acid groups (broad SMARTS) is 1. The van der Waals surface area contributed by atoms with Gasteiger partial charge in [0.15, 0.2) is 0 Å². The van der Waals surface area contributed by atoms with Gasteiger partial charge in [-0.1, -0.05) is 12.8 Å². The zero-order valence-electron chi connectivity index (χ0n) is 11.3. The first-order chi connectivity index (χ1) is 9.15. The maximum Gasteiger partial charge on any atom is 0.317 e. The van der Waals surface area contributed by atoms with Crippen molar-refractivity contribution in [3.63, 3.8) is 0 Å². The number of carboxylic acids is 1. The summed E-state index contributed by atoms with van der Waals surface area (Å²) >= 11 is 0. The molecule has 0 unspecified atom stereocenters. The molecule has 0 atom stereocenters. The molecular weight excluding hydrogens is 246 g/mol. The quantitative estimate of drug-likeness (QED) is 0.789. The first-order valence-electron chi connectivity index (χ1n) is 7.15. The van der Waals surface area contributed by atoms with Gasteiger partial charge in [0, 0.05) is 38.8 Å². The summed E-state index contributed by atoms with van der Waals surface area (Å²) < 4.78 is 0. The number of urea groups is 1. The minimum Gasteiger partial charge on any atom is -0.481 e. The number of nitrogens with zero attached hydrogens (tertiary/aromatic N) is 2. The van der Waals surface area contributed by atoms with Crippen molar-refractivity contribution < 1.29 is 14.7 Å². The molecule has 1 saturated carbocycles. The van der Waals surface area contributed by atoms with Crippen molar-refractivity contribution in [3.05, 3.63) is 0 Å². The number of hydrogen-bond donors (Lipinski definition) is 2. The topological polar surface area (TPSA) is 72.9 Å². The highest BCUT2D eigenvalue weighted by atomic mass is 16.4. The van der Waals surface area contributed by atoms with Gasteiger partial charge in [-0.25, -0.2) is 4.79 Å². The van der Waals surface area contributed by atoms with Gasteiger partial charge in [-0.05, 0) is 12.8 Å². The summed E-state index contributed by atoms with van der Waals surface area (Å²) in [5.74, 6) is -0.763. The molecule has 1 heterocycles. The van der Waals surface area contributed by atoms with Crippen LogP contribution in [-0.4, -0.2) is 65.7 Å². The summed E-state index contributed by atoms with van der Waals surface area (Å²) in [6, 6.07) is 0.405. The van der Waals surface area contributed by atoms with Crippen LogP contribution in [0.2, 0.25) is 0 Å². The lowest BCUT2D eigenvalue weighted by atomic mass is 10.2. The highest BCUT2D eigenvalue weighted by Gasteiger charge is 2.24. The number of carbonyl (C=O) groups excluding carboxylic acids is 1. The van der Waals surface area contributed by atoms with Gasteiger partial charge in [0.25, 0.3) is 0 Å². The third-order valence-corrected chi connectivity index (χ3v) is 3.98. The van der Waals surface area contributed by atoms with E-state index in [1.165, 1.54) is 12.8 Å². The Kier molecular flexibility index (Phi) is 5.01. The number of rotatable bonds is 4. The molecule has 19 heavy (non-hydrogen) atoms. The van der Waals surface area contributed by atoms with Crippen LogP contribution in [0.4, 0.5) is 4.79 Å². The van der Waals surface area contributed by atoms with E-state index in [1.807, 2.05) is 4.90 Å². The maximum absolute atomic E-state index is 12.0. The second-order valence-corrected chi connectivity index (χ2v) is 5.40. The van der Waals surface area contributed by atoms with E-state index in [1.54, 1.807) is 0 Å². The largest absolute Gasteiger partial charge is 0.481 e. The molecule has 2 rings (SSSR count). The second kappa shape index (κ2) is 6.75. The Labute approximate surface area is 113 Å². The minimum absolute atomic E-state index is 0.0461. The number of piperazine rings is 1. The molecule has 2 fully saturated rings. The van der Waals surface area contributed by atoms with Gasteiger partial charge in [-0.3, -0.25) is 9.69 Å². The van der Waals surface area contributed by atoms with Crippen molar-refractivity contribution in [2.24, 2.45) is 0 Å². The van der Waals surface area contributed by atoms with Crippen LogP contribution in [0.5, 0.6) is 0 Å². The van der Waals surface area contributed by atoms with Crippen LogP contribution >= 0.6 is 0 Å². The van der Waals surface area contributed by atoms with Crippen molar-refractivity contribution in [1.29, 1.82) is 0 Å². The number of amides is 2. The molecule has 2 N–H and O–H groups in total. The van der Waals surface area contributed by atoms with Crippen LogP contribution in [0.3, 0.4) is 0 Å². The van der Waals surface area contributed by atoms with Crippen LogP contribution in [-0.2, 0) is 4.79 Å². The van der Waals surface area contributed by atoms with E-state index in [9.17, 15) is 9.59 Å². The fourth-order valence-corrected chi connectivity index (χ4v) is 2.76. The van der Waals surface area contributed by atoms with E-state index in [4.69, 9.17) is 5.11 Å².